The summed E-state index contributed by atoms with van der Waals surface area (Å²) in [6.07, 6.45) is 0. The lowest BCUT2D eigenvalue weighted by Crippen LogP contribution is -2.33. The van der Waals surface area contributed by atoms with E-state index in [0.717, 1.165) is 11.3 Å². The van der Waals surface area contributed by atoms with Crippen molar-refractivity contribution in [1.82, 2.24) is 4.90 Å². The molecule has 3 amide bonds. The fraction of sp³-hybridized carbons (Fsp3) is 0.300. The zero-order valence-electron chi connectivity index (χ0n) is 15.1. The van der Waals surface area contributed by atoms with E-state index in [-0.39, 0.29) is 17.3 Å². The first-order valence-electron chi connectivity index (χ1n) is 8.78. The Labute approximate surface area is 162 Å². The lowest BCUT2D eigenvalue weighted by atomic mass is 10.2. The lowest BCUT2D eigenvalue weighted by Gasteiger charge is -2.23. The predicted molar refractivity (Wildman–Crippen MR) is 104 cm³/mol. The second-order valence-electron chi connectivity index (χ2n) is 6.27. The monoisotopic (exact) mass is 384 g/mol. The summed E-state index contributed by atoms with van der Waals surface area (Å²) in [5.74, 6) is 1.89. The van der Waals surface area contributed by atoms with E-state index in [0.29, 0.717) is 23.8 Å². The molecule has 27 heavy (non-hydrogen) atoms. The molecule has 0 spiro atoms. The highest BCUT2D eigenvalue weighted by Crippen LogP contribution is 2.46. The quantitative estimate of drug-likeness (QED) is 0.736. The molecule has 7 heteroatoms. The number of carbonyl (C=O) groups excluding carboxylic acids is 2. The van der Waals surface area contributed by atoms with Gasteiger partial charge in [-0.25, -0.2) is 9.69 Å². The number of anilines is 1. The molecule has 2 heterocycles. The standard InChI is InChI=1S/C20H20N2O4S/c1-3-26-16-8-4-13(5-9-16)19-22-17(12-27-19)18(23)21(20(22)24)14-6-10-15(25-2)11-7-14/h4-11,17,19H,3,12H2,1-2H3/t17-,19?/m0/s1. The molecule has 0 saturated carbocycles. The van der Waals surface area contributed by atoms with Gasteiger partial charge >= 0.3 is 6.03 Å². The first-order valence-corrected chi connectivity index (χ1v) is 9.83. The summed E-state index contributed by atoms with van der Waals surface area (Å²) >= 11 is 1.61. The Morgan fingerprint density at radius 1 is 1.04 bits per heavy atom. The number of ether oxygens (including phenoxy) is 2. The Bertz CT molecular complexity index is 853. The van der Waals surface area contributed by atoms with Gasteiger partial charge in [0.15, 0.2) is 0 Å². The molecule has 2 fully saturated rings. The normalized spacial score (nSPS) is 21.6. The maximum Gasteiger partial charge on any atom is 0.333 e. The fourth-order valence-electron chi connectivity index (χ4n) is 3.41. The number of imide groups is 1. The van der Waals surface area contributed by atoms with Gasteiger partial charge in [-0.2, -0.15) is 0 Å². The lowest BCUT2D eigenvalue weighted by molar-refractivity contribution is -0.119. The van der Waals surface area contributed by atoms with E-state index in [9.17, 15) is 9.59 Å². The summed E-state index contributed by atoms with van der Waals surface area (Å²) in [6, 6.07) is 14.0. The van der Waals surface area contributed by atoms with Gasteiger partial charge in [-0.05, 0) is 48.9 Å². The van der Waals surface area contributed by atoms with Crippen molar-refractivity contribution in [1.29, 1.82) is 0 Å². The molecule has 6 nitrogen and oxygen atoms in total. The van der Waals surface area contributed by atoms with Crippen LogP contribution in [-0.4, -0.2) is 42.3 Å². The van der Waals surface area contributed by atoms with Crippen molar-refractivity contribution < 1.29 is 19.1 Å². The Kier molecular flexibility index (Phi) is 4.70. The summed E-state index contributed by atoms with van der Waals surface area (Å²) in [4.78, 5) is 28.9. The number of fused-ring (bicyclic) bond motifs is 1. The number of benzene rings is 2. The largest absolute Gasteiger partial charge is 0.497 e. The molecule has 0 N–H and O–H groups in total. The van der Waals surface area contributed by atoms with E-state index in [2.05, 4.69) is 0 Å². The van der Waals surface area contributed by atoms with Crippen molar-refractivity contribution in [3.63, 3.8) is 0 Å². The van der Waals surface area contributed by atoms with Gasteiger partial charge in [0, 0.05) is 5.75 Å². The second-order valence-corrected chi connectivity index (χ2v) is 7.38. The third-order valence-corrected chi connectivity index (χ3v) is 6.05. The van der Waals surface area contributed by atoms with Crippen LogP contribution in [0.5, 0.6) is 11.5 Å². The van der Waals surface area contributed by atoms with Crippen LogP contribution >= 0.6 is 11.8 Å². The summed E-state index contributed by atoms with van der Waals surface area (Å²) in [5.41, 5.74) is 1.55. The Hall–Kier alpha value is -2.67. The van der Waals surface area contributed by atoms with E-state index in [1.165, 1.54) is 4.90 Å². The zero-order valence-corrected chi connectivity index (χ0v) is 15.9. The molecule has 2 aliphatic rings. The van der Waals surface area contributed by atoms with Gasteiger partial charge in [0.25, 0.3) is 5.91 Å². The SMILES string of the molecule is CCOc1ccc(C2SC[C@H]3C(=O)N(c4ccc(OC)cc4)C(=O)N23)cc1. The minimum absolute atomic E-state index is 0.175. The van der Waals surface area contributed by atoms with Gasteiger partial charge in [-0.15, -0.1) is 11.8 Å². The highest BCUT2D eigenvalue weighted by Gasteiger charge is 2.53. The van der Waals surface area contributed by atoms with E-state index in [1.54, 1.807) is 48.0 Å². The first-order chi connectivity index (χ1) is 13.1. The van der Waals surface area contributed by atoms with Crippen molar-refractivity contribution >= 4 is 29.4 Å². The van der Waals surface area contributed by atoms with E-state index < -0.39 is 6.04 Å². The molecule has 2 aliphatic heterocycles. The molecule has 140 valence electrons. The maximum absolute atomic E-state index is 13.1. The first kappa shape index (κ1) is 17.7. The summed E-state index contributed by atoms with van der Waals surface area (Å²) in [6.45, 7) is 2.54. The van der Waals surface area contributed by atoms with Gasteiger partial charge < -0.3 is 9.47 Å². The van der Waals surface area contributed by atoms with E-state index in [4.69, 9.17) is 9.47 Å². The molecule has 2 saturated heterocycles. The van der Waals surface area contributed by atoms with E-state index >= 15 is 0 Å². The van der Waals surface area contributed by atoms with Crippen LogP contribution in [0.25, 0.3) is 0 Å². The topological polar surface area (TPSA) is 59.1 Å². The number of hydrogen-bond acceptors (Lipinski definition) is 5. The number of methoxy groups -OCH3 is 1. The third kappa shape index (κ3) is 3.02. The van der Waals surface area contributed by atoms with Crippen molar-refractivity contribution in [2.75, 3.05) is 24.4 Å². The van der Waals surface area contributed by atoms with E-state index in [1.807, 2.05) is 31.2 Å². The number of rotatable bonds is 5. The van der Waals surface area contributed by atoms with Crippen molar-refractivity contribution in [2.24, 2.45) is 0 Å². The predicted octanol–water partition coefficient (Wildman–Crippen LogP) is 3.68. The van der Waals surface area contributed by atoms with Crippen LogP contribution in [0.2, 0.25) is 0 Å². The molecular formula is C20H20N2O4S. The smallest absolute Gasteiger partial charge is 0.333 e. The molecule has 2 aromatic rings. The van der Waals surface area contributed by atoms with Gasteiger partial charge in [-0.1, -0.05) is 12.1 Å². The number of thioether (sulfide) groups is 1. The highest BCUT2D eigenvalue weighted by molar-refractivity contribution is 7.99. The number of hydrogen-bond donors (Lipinski definition) is 0. The number of amides is 3. The summed E-state index contributed by atoms with van der Waals surface area (Å²) in [7, 11) is 1.58. The van der Waals surface area contributed by atoms with Crippen LogP contribution < -0.4 is 14.4 Å². The molecule has 2 atom stereocenters. The number of nitrogens with zero attached hydrogens (tertiary/aromatic N) is 2. The minimum atomic E-state index is -0.429. The van der Waals surface area contributed by atoms with Gasteiger partial charge in [0.05, 0.1) is 19.4 Å². The van der Waals surface area contributed by atoms with Gasteiger partial charge in [-0.3, -0.25) is 9.69 Å². The van der Waals surface area contributed by atoms with Gasteiger partial charge in [0.1, 0.15) is 22.9 Å². The van der Waals surface area contributed by atoms with Crippen LogP contribution in [0.4, 0.5) is 10.5 Å². The molecule has 0 radical (unpaired) electrons. The van der Waals surface area contributed by atoms with Crippen LogP contribution in [0.15, 0.2) is 48.5 Å². The van der Waals surface area contributed by atoms with Crippen molar-refractivity contribution in [3.05, 3.63) is 54.1 Å². The Morgan fingerprint density at radius 2 is 1.70 bits per heavy atom. The molecule has 4 rings (SSSR count). The van der Waals surface area contributed by atoms with Crippen LogP contribution in [0, 0.1) is 0 Å². The zero-order chi connectivity index (χ0) is 19.0. The highest BCUT2D eigenvalue weighted by atomic mass is 32.2. The van der Waals surface area contributed by atoms with Gasteiger partial charge in [0.2, 0.25) is 0 Å². The maximum atomic E-state index is 13.1. The Balaban J connectivity index is 1.59. The third-order valence-electron chi connectivity index (χ3n) is 4.72. The molecule has 0 aliphatic carbocycles. The Morgan fingerprint density at radius 3 is 2.33 bits per heavy atom. The van der Waals surface area contributed by atoms with Crippen LogP contribution in [0.3, 0.4) is 0 Å². The molecular weight excluding hydrogens is 364 g/mol. The number of carbonyl (C=O) groups is 2. The van der Waals surface area contributed by atoms with Crippen molar-refractivity contribution in [3.8, 4) is 11.5 Å². The van der Waals surface area contributed by atoms with Crippen LogP contribution in [-0.2, 0) is 4.79 Å². The summed E-state index contributed by atoms with van der Waals surface area (Å²) < 4.78 is 10.6. The minimum Gasteiger partial charge on any atom is -0.497 e. The molecule has 0 bridgehead atoms. The number of urea groups is 1. The summed E-state index contributed by atoms with van der Waals surface area (Å²) in [5, 5.41) is -0.176. The average molecular weight is 384 g/mol. The van der Waals surface area contributed by atoms with Crippen LogP contribution in [0.1, 0.15) is 17.9 Å². The molecule has 0 aromatic heterocycles. The fourth-order valence-corrected chi connectivity index (χ4v) is 4.83. The average Bonchev–Trinajstić information content (AvgIpc) is 3.23. The molecule has 1 unspecified atom stereocenters. The van der Waals surface area contributed by atoms with Crippen molar-refractivity contribution in [2.45, 2.75) is 18.3 Å². The second kappa shape index (κ2) is 7.15. The molecule has 2 aromatic carbocycles.